The van der Waals surface area contributed by atoms with Gasteiger partial charge >= 0.3 is 0 Å². The molecule has 3 aromatic rings. The number of carbonyl (C=O) groups excluding carboxylic acids is 2. The molecule has 2 N–H and O–H groups in total. The summed E-state index contributed by atoms with van der Waals surface area (Å²) in [6.07, 6.45) is -2.56. The highest BCUT2D eigenvalue weighted by atomic mass is 35.5. The largest absolute Gasteiger partial charge is 0.355 e. The number of rotatable bonds is 4. The Morgan fingerprint density at radius 2 is 1.83 bits per heavy atom. The van der Waals surface area contributed by atoms with Crippen molar-refractivity contribution in [1.82, 2.24) is 19.8 Å². The van der Waals surface area contributed by atoms with Crippen LogP contribution < -0.4 is 10.9 Å². The summed E-state index contributed by atoms with van der Waals surface area (Å²) in [5, 5.41) is 2.43. The zero-order valence-electron chi connectivity index (χ0n) is 18.8. The highest BCUT2D eigenvalue weighted by Crippen LogP contribution is 2.29. The molecule has 0 fully saturated rings. The highest BCUT2D eigenvalue weighted by molar-refractivity contribution is 7.71. The van der Waals surface area contributed by atoms with Crippen molar-refractivity contribution < 1.29 is 18.4 Å². The van der Waals surface area contributed by atoms with Crippen LogP contribution in [0.3, 0.4) is 0 Å². The molecule has 0 saturated heterocycles. The van der Waals surface area contributed by atoms with E-state index in [4.69, 9.17) is 23.8 Å². The Hall–Kier alpha value is -3.37. The van der Waals surface area contributed by atoms with Crippen LogP contribution in [-0.4, -0.2) is 39.4 Å². The van der Waals surface area contributed by atoms with Crippen molar-refractivity contribution in [3.63, 3.8) is 0 Å². The average Bonchev–Trinajstić information content (AvgIpc) is 2.84. The molecule has 7 nitrogen and oxygen atoms in total. The summed E-state index contributed by atoms with van der Waals surface area (Å²) < 4.78 is 28.0. The lowest BCUT2D eigenvalue weighted by molar-refractivity contribution is 0.0652. The maximum Gasteiger partial charge on any atom is 0.265 e. The van der Waals surface area contributed by atoms with Gasteiger partial charge in [0.15, 0.2) is 4.77 Å². The van der Waals surface area contributed by atoms with E-state index in [1.165, 1.54) is 28.6 Å². The Morgan fingerprint density at radius 3 is 2.46 bits per heavy atom. The minimum Gasteiger partial charge on any atom is -0.355 e. The SMILES string of the molecule is CNC(=O)c1ccc(-n2c(=S)[nH]c3c(c2=O)CC(C)N(C(=O)c2ccc(Cl)c(C(F)F)c2)C3)cc1. The number of fused-ring (bicyclic) bond motifs is 1. The number of aromatic amines is 1. The van der Waals surface area contributed by atoms with Crippen molar-refractivity contribution in [3.05, 3.63) is 90.6 Å². The van der Waals surface area contributed by atoms with Crippen LogP contribution in [0, 0.1) is 4.77 Å². The van der Waals surface area contributed by atoms with E-state index in [2.05, 4.69) is 10.3 Å². The highest BCUT2D eigenvalue weighted by Gasteiger charge is 2.31. The predicted octanol–water partition coefficient (Wildman–Crippen LogP) is 4.43. The van der Waals surface area contributed by atoms with Crippen LogP contribution in [0.4, 0.5) is 8.78 Å². The summed E-state index contributed by atoms with van der Waals surface area (Å²) in [5.41, 5.74) is 1.27. The summed E-state index contributed by atoms with van der Waals surface area (Å²) in [5.74, 6) is -0.700. The molecule has 1 aliphatic rings. The van der Waals surface area contributed by atoms with Gasteiger partial charge in [-0.2, -0.15) is 0 Å². The fourth-order valence-corrected chi connectivity index (χ4v) is 4.63. The molecular weight excluding hydrogens is 498 g/mol. The Balaban J connectivity index is 1.68. The van der Waals surface area contributed by atoms with Gasteiger partial charge in [-0.1, -0.05) is 11.6 Å². The maximum absolute atomic E-state index is 13.4. The molecule has 0 spiro atoms. The van der Waals surface area contributed by atoms with Gasteiger partial charge in [0, 0.05) is 46.1 Å². The van der Waals surface area contributed by atoms with Crippen LogP contribution >= 0.6 is 23.8 Å². The second-order valence-electron chi connectivity index (χ2n) is 8.18. The first kappa shape index (κ1) is 24.7. The smallest absolute Gasteiger partial charge is 0.265 e. The number of hydrogen-bond donors (Lipinski definition) is 2. The van der Waals surface area contributed by atoms with Gasteiger partial charge in [-0.05, 0) is 68.0 Å². The second kappa shape index (κ2) is 9.71. The van der Waals surface area contributed by atoms with Crippen LogP contribution in [0.25, 0.3) is 5.69 Å². The number of aromatic nitrogens is 2. The maximum atomic E-state index is 13.4. The van der Waals surface area contributed by atoms with Crippen LogP contribution in [0.5, 0.6) is 0 Å². The van der Waals surface area contributed by atoms with Crippen molar-refractivity contribution in [2.45, 2.75) is 32.4 Å². The number of nitrogens with one attached hydrogen (secondary N) is 2. The molecule has 0 radical (unpaired) electrons. The zero-order valence-corrected chi connectivity index (χ0v) is 20.3. The molecule has 1 unspecified atom stereocenters. The van der Waals surface area contributed by atoms with Gasteiger partial charge in [-0.15, -0.1) is 0 Å². The fraction of sp³-hybridized carbons (Fsp3) is 0.250. The number of benzene rings is 2. The summed E-state index contributed by atoms with van der Waals surface area (Å²) in [4.78, 5) is 42.9. The van der Waals surface area contributed by atoms with E-state index in [0.29, 0.717) is 22.5 Å². The zero-order chi connectivity index (χ0) is 25.4. The van der Waals surface area contributed by atoms with Gasteiger partial charge < -0.3 is 15.2 Å². The van der Waals surface area contributed by atoms with Gasteiger partial charge in [-0.3, -0.25) is 19.0 Å². The van der Waals surface area contributed by atoms with Gasteiger partial charge in [-0.25, -0.2) is 8.78 Å². The third-order valence-corrected chi connectivity index (χ3v) is 6.63. The summed E-state index contributed by atoms with van der Waals surface area (Å²) in [6, 6.07) is 9.86. The number of nitrogens with zero attached hydrogens (tertiary/aromatic N) is 2. The van der Waals surface area contributed by atoms with E-state index >= 15 is 0 Å². The molecule has 1 aliphatic heterocycles. The normalized spacial score (nSPS) is 15.1. The van der Waals surface area contributed by atoms with E-state index in [0.717, 1.165) is 6.07 Å². The predicted molar refractivity (Wildman–Crippen MR) is 130 cm³/mol. The van der Waals surface area contributed by atoms with Crippen LogP contribution in [-0.2, 0) is 13.0 Å². The average molecular weight is 519 g/mol. The van der Waals surface area contributed by atoms with Crippen molar-refractivity contribution >= 4 is 35.6 Å². The van der Waals surface area contributed by atoms with Gasteiger partial charge in [0.25, 0.3) is 23.8 Å². The van der Waals surface area contributed by atoms with E-state index in [-0.39, 0.29) is 45.8 Å². The molecule has 0 bridgehead atoms. The first-order valence-electron chi connectivity index (χ1n) is 10.7. The van der Waals surface area contributed by atoms with Crippen molar-refractivity contribution in [2.24, 2.45) is 0 Å². The number of amides is 2. The molecule has 35 heavy (non-hydrogen) atoms. The Kier molecular flexibility index (Phi) is 6.86. The van der Waals surface area contributed by atoms with Crippen molar-refractivity contribution in [1.29, 1.82) is 0 Å². The fourth-order valence-electron chi connectivity index (χ4n) is 4.12. The van der Waals surface area contributed by atoms with Gasteiger partial charge in [0.1, 0.15) is 0 Å². The molecule has 2 heterocycles. The minimum atomic E-state index is -2.81. The molecule has 1 aromatic heterocycles. The summed E-state index contributed by atoms with van der Waals surface area (Å²) in [6.45, 7) is 1.85. The van der Waals surface area contributed by atoms with E-state index in [1.54, 1.807) is 31.2 Å². The number of H-pyrrole nitrogens is 1. The van der Waals surface area contributed by atoms with E-state index < -0.39 is 17.9 Å². The van der Waals surface area contributed by atoms with Crippen LogP contribution in [0.1, 0.15) is 50.9 Å². The Morgan fingerprint density at radius 1 is 1.17 bits per heavy atom. The Labute approximate surface area is 209 Å². The quantitative estimate of drug-likeness (QED) is 0.500. The van der Waals surface area contributed by atoms with Gasteiger partial charge in [0.2, 0.25) is 0 Å². The minimum absolute atomic E-state index is 0.0668. The molecule has 2 aromatic carbocycles. The molecule has 4 rings (SSSR count). The monoisotopic (exact) mass is 518 g/mol. The van der Waals surface area contributed by atoms with Crippen molar-refractivity contribution in [2.75, 3.05) is 7.05 Å². The molecule has 1 atom stereocenters. The number of alkyl halides is 2. The van der Waals surface area contributed by atoms with Crippen molar-refractivity contribution in [3.8, 4) is 5.69 Å². The molecule has 11 heteroatoms. The number of carbonyl (C=O) groups is 2. The molecule has 0 aliphatic carbocycles. The third kappa shape index (κ3) is 4.63. The summed E-state index contributed by atoms with van der Waals surface area (Å²) in [7, 11) is 1.53. The summed E-state index contributed by atoms with van der Waals surface area (Å²) >= 11 is 11.3. The van der Waals surface area contributed by atoms with E-state index in [1.807, 2.05) is 0 Å². The lowest BCUT2D eigenvalue weighted by Crippen LogP contribution is -2.45. The first-order valence-corrected chi connectivity index (χ1v) is 11.5. The lowest BCUT2D eigenvalue weighted by atomic mass is 9.98. The number of hydrogen-bond acceptors (Lipinski definition) is 4. The van der Waals surface area contributed by atoms with Crippen LogP contribution in [0.15, 0.2) is 47.3 Å². The molecule has 182 valence electrons. The second-order valence-corrected chi connectivity index (χ2v) is 8.97. The molecule has 2 amide bonds. The molecule has 0 saturated carbocycles. The van der Waals surface area contributed by atoms with Gasteiger partial charge in [0.05, 0.1) is 12.2 Å². The standard InChI is InChI=1S/C24H21ClF2N4O3S/c1-12-9-17-19(11-30(12)22(33)14-5-8-18(25)16(10-14)20(26)27)29-24(35)31(23(17)34)15-6-3-13(4-7-15)21(32)28-2/h3-8,10,12,20H,9,11H2,1-2H3,(H,28,32)(H,29,35). The molecular formula is C24H21ClF2N4O3S. The van der Waals surface area contributed by atoms with E-state index in [9.17, 15) is 23.2 Å². The Bertz CT molecular complexity index is 1440. The first-order chi connectivity index (χ1) is 16.6. The topological polar surface area (TPSA) is 87.2 Å². The third-order valence-electron chi connectivity index (χ3n) is 6.00. The lowest BCUT2D eigenvalue weighted by Gasteiger charge is -2.34. The van der Waals surface area contributed by atoms with Crippen LogP contribution in [0.2, 0.25) is 5.02 Å². The number of halogens is 3.